The maximum Gasteiger partial charge on any atom is 0.251 e. The fourth-order valence-electron chi connectivity index (χ4n) is 1.93. The van der Waals surface area contributed by atoms with Gasteiger partial charge in [0.05, 0.1) is 0 Å². The molecule has 3 heteroatoms. The standard InChI is InChI=1S/C13H20N2O/c1-9-7-10(2)12(11(3)8-9)13(16)15-6-5-14-4/h7-8,14H,5-6H2,1-4H3,(H,15,16). The molecular formula is C13H20N2O. The minimum absolute atomic E-state index is 0.0188. The molecular weight excluding hydrogens is 200 g/mol. The third kappa shape index (κ3) is 3.07. The molecule has 1 amide bonds. The van der Waals surface area contributed by atoms with Gasteiger partial charge in [0.1, 0.15) is 0 Å². The van der Waals surface area contributed by atoms with Gasteiger partial charge in [-0.25, -0.2) is 0 Å². The van der Waals surface area contributed by atoms with Gasteiger partial charge in [0.2, 0.25) is 0 Å². The van der Waals surface area contributed by atoms with Crippen LogP contribution in [0, 0.1) is 20.8 Å². The zero-order valence-electron chi connectivity index (χ0n) is 10.5. The zero-order valence-corrected chi connectivity index (χ0v) is 10.5. The highest BCUT2D eigenvalue weighted by Crippen LogP contribution is 2.15. The SMILES string of the molecule is CNCCNC(=O)c1c(C)cc(C)cc1C. The fraction of sp³-hybridized carbons (Fsp3) is 0.462. The molecule has 0 unspecified atom stereocenters. The van der Waals surface area contributed by atoms with E-state index in [1.807, 2.05) is 40.0 Å². The molecule has 0 saturated heterocycles. The van der Waals surface area contributed by atoms with Crippen molar-refractivity contribution in [3.63, 3.8) is 0 Å². The van der Waals surface area contributed by atoms with Crippen molar-refractivity contribution in [2.45, 2.75) is 20.8 Å². The van der Waals surface area contributed by atoms with Gasteiger partial charge in [-0.05, 0) is 38.9 Å². The molecule has 0 bridgehead atoms. The van der Waals surface area contributed by atoms with Crippen molar-refractivity contribution >= 4 is 5.91 Å². The molecule has 16 heavy (non-hydrogen) atoms. The number of nitrogens with one attached hydrogen (secondary N) is 2. The number of rotatable bonds is 4. The van der Waals surface area contributed by atoms with Crippen molar-refractivity contribution in [2.75, 3.05) is 20.1 Å². The lowest BCUT2D eigenvalue weighted by Gasteiger charge is -2.11. The summed E-state index contributed by atoms with van der Waals surface area (Å²) in [7, 11) is 1.87. The van der Waals surface area contributed by atoms with Crippen molar-refractivity contribution in [1.29, 1.82) is 0 Å². The van der Waals surface area contributed by atoms with E-state index in [4.69, 9.17) is 0 Å². The molecule has 0 saturated carbocycles. The summed E-state index contributed by atoms with van der Waals surface area (Å²) < 4.78 is 0. The molecule has 0 aliphatic heterocycles. The molecule has 0 aliphatic rings. The first-order valence-corrected chi connectivity index (χ1v) is 5.57. The van der Waals surface area contributed by atoms with Crippen LogP contribution in [0.2, 0.25) is 0 Å². The van der Waals surface area contributed by atoms with Gasteiger partial charge in [-0.3, -0.25) is 4.79 Å². The third-order valence-electron chi connectivity index (χ3n) is 2.56. The summed E-state index contributed by atoms with van der Waals surface area (Å²) in [5.74, 6) is 0.0188. The van der Waals surface area contributed by atoms with Crippen molar-refractivity contribution < 1.29 is 4.79 Å². The minimum Gasteiger partial charge on any atom is -0.351 e. The molecule has 88 valence electrons. The highest BCUT2D eigenvalue weighted by molar-refractivity contribution is 5.97. The van der Waals surface area contributed by atoms with E-state index in [9.17, 15) is 4.79 Å². The number of hydrogen-bond acceptors (Lipinski definition) is 2. The third-order valence-corrected chi connectivity index (χ3v) is 2.56. The van der Waals surface area contributed by atoms with Crippen molar-refractivity contribution in [1.82, 2.24) is 10.6 Å². The van der Waals surface area contributed by atoms with E-state index in [1.165, 1.54) is 5.56 Å². The van der Waals surface area contributed by atoms with Gasteiger partial charge in [0.25, 0.3) is 5.91 Å². The van der Waals surface area contributed by atoms with E-state index < -0.39 is 0 Å². The quantitative estimate of drug-likeness (QED) is 0.756. The van der Waals surface area contributed by atoms with E-state index in [0.717, 1.165) is 23.2 Å². The molecule has 0 spiro atoms. The first kappa shape index (κ1) is 12.7. The lowest BCUT2D eigenvalue weighted by atomic mass is 9.99. The van der Waals surface area contributed by atoms with Gasteiger partial charge in [-0.2, -0.15) is 0 Å². The Morgan fingerprint density at radius 1 is 1.12 bits per heavy atom. The Morgan fingerprint density at radius 3 is 2.19 bits per heavy atom. The highest BCUT2D eigenvalue weighted by atomic mass is 16.1. The van der Waals surface area contributed by atoms with E-state index in [2.05, 4.69) is 10.6 Å². The Morgan fingerprint density at radius 2 is 1.69 bits per heavy atom. The van der Waals surface area contributed by atoms with E-state index in [-0.39, 0.29) is 5.91 Å². The predicted molar refractivity (Wildman–Crippen MR) is 66.9 cm³/mol. The van der Waals surface area contributed by atoms with Gasteiger partial charge in [0.15, 0.2) is 0 Å². The van der Waals surface area contributed by atoms with E-state index in [1.54, 1.807) is 0 Å². The van der Waals surface area contributed by atoms with Gasteiger partial charge < -0.3 is 10.6 Å². The maximum atomic E-state index is 11.9. The van der Waals surface area contributed by atoms with Crippen LogP contribution in [0.15, 0.2) is 12.1 Å². The largest absolute Gasteiger partial charge is 0.351 e. The Balaban J connectivity index is 2.83. The number of benzene rings is 1. The Kier molecular flexibility index (Phi) is 4.50. The zero-order chi connectivity index (χ0) is 12.1. The molecule has 0 atom stereocenters. The van der Waals surface area contributed by atoms with Gasteiger partial charge >= 0.3 is 0 Å². The lowest BCUT2D eigenvalue weighted by Crippen LogP contribution is -2.31. The van der Waals surface area contributed by atoms with E-state index in [0.29, 0.717) is 6.54 Å². The summed E-state index contributed by atoms with van der Waals surface area (Å²) in [6.07, 6.45) is 0. The normalized spacial score (nSPS) is 10.2. The second-order valence-electron chi connectivity index (χ2n) is 4.13. The predicted octanol–water partition coefficient (Wildman–Crippen LogP) is 1.56. The van der Waals surface area contributed by atoms with Gasteiger partial charge in [0, 0.05) is 18.7 Å². The first-order chi connectivity index (χ1) is 7.56. The van der Waals surface area contributed by atoms with Crippen LogP contribution in [0.4, 0.5) is 0 Å². The number of aryl methyl sites for hydroxylation is 3. The van der Waals surface area contributed by atoms with Crippen LogP contribution in [0.5, 0.6) is 0 Å². The number of amides is 1. The van der Waals surface area contributed by atoms with Crippen LogP contribution in [-0.2, 0) is 0 Å². The Hall–Kier alpha value is -1.35. The molecule has 3 nitrogen and oxygen atoms in total. The molecule has 0 aromatic heterocycles. The summed E-state index contributed by atoms with van der Waals surface area (Å²) in [5, 5.41) is 5.90. The molecule has 0 radical (unpaired) electrons. The summed E-state index contributed by atoms with van der Waals surface area (Å²) in [6, 6.07) is 4.08. The molecule has 1 aromatic carbocycles. The minimum atomic E-state index is 0.0188. The smallest absolute Gasteiger partial charge is 0.251 e. The Bertz CT molecular complexity index is 363. The highest BCUT2D eigenvalue weighted by Gasteiger charge is 2.11. The molecule has 0 heterocycles. The number of carbonyl (C=O) groups excluding carboxylic acids is 1. The average molecular weight is 220 g/mol. The van der Waals surface area contributed by atoms with Crippen LogP contribution < -0.4 is 10.6 Å². The molecule has 0 fully saturated rings. The summed E-state index contributed by atoms with van der Waals surface area (Å²) in [6.45, 7) is 7.44. The lowest BCUT2D eigenvalue weighted by molar-refractivity contribution is 0.0953. The van der Waals surface area contributed by atoms with E-state index >= 15 is 0 Å². The molecule has 0 aliphatic carbocycles. The molecule has 1 aromatic rings. The summed E-state index contributed by atoms with van der Waals surface area (Å²) in [4.78, 5) is 11.9. The van der Waals surface area contributed by atoms with Crippen LogP contribution in [0.3, 0.4) is 0 Å². The van der Waals surface area contributed by atoms with Crippen molar-refractivity contribution in [2.24, 2.45) is 0 Å². The fourth-order valence-corrected chi connectivity index (χ4v) is 1.93. The van der Waals surface area contributed by atoms with Gasteiger partial charge in [-0.15, -0.1) is 0 Å². The second kappa shape index (κ2) is 5.66. The summed E-state index contributed by atoms with van der Waals surface area (Å²) >= 11 is 0. The van der Waals surface area contributed by atoms with Crippen molar-refractivity contribution in [3.05, 3.63) is 34.4 Å². The Labute approximate surface area is 97.2 Å². The average Bonchev–Trinajstić information content (AvgIpc) is 2.16. The number of hydrogen-bond donors (Lipinski definition) is 2. The van der Waals surface area contributed by atoms with Crippen LogP contribution >= 0.6 is 0 Å². The van der Waals surface area contributed by atoms with Crippen LogP contribution in [0.1, 0.15) is 27.0 Å². The number of carbonyl (C=O) groups is 1. The topological polar surface area (TPSA) is 41.1 Å². The molecule has 1 rings (SSSR count). The number of likely N-dealkylation sites (N-methyl/N-ethyl adjacent to an activating group) is 1. The van der Waals surface area contributed by atoms with Gasteiger partial charge in [-0.1, -0.05) is 17.7 Å². The monoisotopic (exact) mass is 220 g/mol. The van der Waals surface area contributed by atoms with Crippen LogP contribution in [0.25, 0.3) is 0 Å². The summed E-state index contributed by atoms with van der Waals surface area (Å²) in [5.41, 5.74) is 4.09. The first-order valence-electron chi connectivity index (χ1n) is 5.57. The second-order valence-corrected chi connectivity index (χ2v) is 4.13. The maximum absolute atomic E-state index is 11.9. The molecule has 2 N–H and O–H groups in total. The van der Waals surface area contributed by atoms with Crippen LogP contribution in [-0.4, -0.2) is 26.0 Å². The van der Waals surface area contributed by atoms with Crippen molar-refractivity contribution in [3.8, 4) is 0 Å².